The van der Waals surface area contributed by atoms with Crippen molar-refractivity contribution in [2.75, 3.05) is 18.4 Å². The summed E-state index contributed by atoms with van der Waals surface area (Å²) >= 11 is 0. The molecule has 2 N–H and O–H groups in total. The zero-order valence-electron chi connectivity index (χ0n) is 10.8. The predicted octanol–water partition coefficient (Wildman–Crippen LogP) is 2.13. The average molecular weight is 244 g/mol. The van der Waals surface area contributed by atoms with E-state index in [1.807, 2.05) is 6.07 Å². The van der Waals surface area contributed by atoms with E-state index in [0.717, 1.165) is 24.6 Å². The maximum absolute atomic E-state index is 4.66. The van der Waals surface area contributed by atoms with Crippen LogP contribution in [0.25, 0.3) is 11.0 Å². The van der Waals surface area contributed by atoms with E-state index in [4.69, 9.17) is 0 Å². The molecule has 0 amide bonds. The number of benzene rings is 1. The summed E-state index contributed by atoms with van der Waals surface area (Å²) < 4.78 is 2.14. The number of hydrogen-bond acceptors (Lipinski definition) is 3. The van der Waals surface area contributed by atoms with Crippen LogP contribution in [-0.2, 0) is 7.05 Å². The Morgan fingerprint density at radius 1 is 1.33 bits per heavy atom. The molecule has 2 aromatic rings. The number of nitrogens with one attached hydrogen (secondary N) is 2. The Labute approximate surface area is 107 Å². The number of rotatable bonds is 2. The normalized spacial score (nSPS) is 20.8. The van der Waals surface area contributed by atoms with Gasteiger partial charge in [0.05, 0.1) is 11.0 Å². The first-order chi connectivity index (χ1) is 8.84. The van der Waals surface area contributed by atoms with Crippen molar-refractivity contribution in [3.63, 3.8) is 0 Å². The van der Waals surface area contributed by atoms with Crippen LogP contribution in [0.15, 0.2) is 24.3 Å². The molecular formula is C14H20N4. The first-order valence-corrected chi connectivity index (χ1v) is 6.73. The summed E-state index contributed by atoms with van der Waals surface area (Å²) in [6.45, 7) is 2.17. The van der Waals surface area contributed by atoms with Gasteiger partial charge in [-0.1, -0.05) is 18.6 Å². The summed E-state index contributed by atoms with van der Waals surface area (Å²) in [6, 6.07) is 8.75. The van der Waals surface area contributed by atoms with Crippen LogP contribution in [0.2, 0.25) is 0 Å². The van der Waals surface area contributed by atoms with Gasteiger partial charge in [0.25, 0.3) is 0 Å². The molecule has 2 heterocycles. The fourth-order valence-corrected chi connectivity index (χ4v) is 2.60. The van der Waals surface area contributed by atoms with Gasteiger partial charge < -0.3 is 15.2 Å². The molecule has 96 valence electrons. The lowest BCUT2D eigenvalue weighted by molar-refractivity contribution is 0.627. The second kappa shape index (κ2) is 4.98. The SMILES string of the molecule is Cn1c(NC2CCCCNC2)nc2ccccc21. The van der Waals surface area contributed by atoms with Crippen LogP contribution in [0.4, 0.5) is 5.95 Å². The molecule has 1 aliphatic heterocycles. The van der Waals surface area contributed by atoms with Gasteiger partial charge in [0.2, 0.25) is 5.95 Å². The fraction of sp³-hybridized carbons (Fsp3) is 0.500. The Morgan fingerprint density at radius 2 is 2.22 bits per heavy atom. The molecule has 1 atom stereocenters. The van der Waals surface area contributed by atoms with Crippen LogP contribution < -0.4 is 10.6 Å². The van der Waals surface area contributed by atoms with Gasteiger partial charge in [-0.3, -0.25) is 0 Å². The topological polar surface area (TPSA) is 41.9 Å². The Balaban J connectivity index is 1.83. The van der Waals surface area contributed by atoms with E-state index in [-0.39, 0.29) is 0 Å². The summed E-state index contributed by atoms with van der Waals surface area (Å²) in [4.78, 5) is 4.66. The zero-order valence-corrected chi connectivity index (χ0v) is 10.8. The first kappa shape index (κ1) is 11.5. The summed E-state index contributed by atoms with van der Waals surface area (Å²) in [5, 5.41) is 7.04. The molecule has 0 aliphatic carbocycles. The zero-order chi connectivity index (χ0) is 12.4. The lowest BCUT2D eigenvalue weighted by atomic mass is 10.1. The minimum absolute atomic E-state index is 0.489. The number of para-hydroxylation sites is 2. The van der Waals surface area contributed by atoms with Gasteiger partial charge >= 0.3 is 0 Å². The third-order valence-electron chi connectivity index (χ3n) is 3.67. The summed E-state index contributed by atoms with van der Waals surface area (Å²) in [5.74, 6) is 0.977. The molecule has 1 fully saturated rings. The van der Waals surface area contributed by atoms with Crippen LogP contribution in [-0.4, -0.2) is 28.7 Å². The molecule has 3 rings (SSSR count). The number of aryl methyl sites for hydroxylation is 1. The van der Waals surface area contributed by atoms with Gasteiger partial charge in [-0.05, 0) is 31.5 Å². The molecule has 1 aliphatic rings. The number of aromatic nitrogens is 2. The summed E-state index contributed by atoms with van der Waals surface area (Å²) in [5.41, 5.74) is 2.24. The molecule has 18 heavy (non-hydrogen) atoms. The van der Waals surface area contributed by atoms with Crippen LogP contribution in [0, 0.1) is 0 Å². The highest BCUT2D eigenvalue weighted by Crippen LogP contribution is 2.19. The third kappa shape index (κ3) is 2.20. The van der Waals surface area contributed by atoms with Gasteiger partial charge in [-0.2, -0.15) is 0 Å². The molecule has 1 aromatic carbocycles. The minimum atomic E-state index is 0.489. The quantitative estimate of drug-likeness (QED) is 0.850. The molecule has 1 unspecified atom stereocenters. The number of nitrogens with zero attached hydrogens (tertiary/aromatic N) is 2. The van der Waals surface area contributed by atoms with Gasteiger partial charge in [-0.25, -0.2) is 4.98 Å². The highest BCUT2D eigenvalue weighted by molar-refractivity contribution is 5.78. The Hall–Kier alpha value is -1.55. The van der Waals surface area contributed by atoms with Crippen LogP contribution in [0.1, 0.15) is 19.3 Å². The van der Waals surface area contributed by atoms with E-state index in [1.54, 1.807) is 0 Å². The molecule has 0 bridgehead atoms. The van der Waals surface area contributed by atoms with Gasteiger partial charge in [0.1, 0.15) is 0 Å². The van der Waals surface area contributed by atoms with Crippen molar-refractivity contribution in [3.05, 3.63) is 24.3 Å². The van der Waals surface area contributed by atoms with Gasteiger partial charge in [0, 0.05) is 19.6 Å². The molecule has 1 saturated heterocycles. The van der Waals surface area contributed by atoms with E-state index in [9.17, 15) is 0 Å². The number of hydrogen-bond donors (Lipinski definition) is 2. The molecule has 0 radical (unpaired) electrons. The average Bonchev–Trinajstić information content (AvgIpc) is 2.58. The Morgan fingerprint density at radius 3 is 3.11 bits per heavy atom. The van der Waals surface area contributed by atoms with E-state index in [0.29, 0.717) is 6.04 Å². The molecule has 4 heteroatoms. The van der Waals surface area contributed by atoms with Gasteiger partial charge in [-0.15, -0.1) is 0 Å². The lowest BCUT2D eigenvalue weighted by Crippen LogP contribution is -2.31. The standard InChI is InChI=1S/C14H20N4/c1-18-13-8-3-2-7-12(13)17-14(18)16-11-6-4-5-9-15-10-11/h2-3,7-8,11,15H,4-6,9-10H2,1H3,(H,16,17). The maximum Gasteiger partial charge on any atom is 0.203 e. The molecule has 1 aromatic heterocycles. The van der Waals surface area contributed by atoms with Crippen molar-refractivity contribution in [2.45, 2.75) is 25.3 Å². The fourth-order valence-electron chi connectivity index (χ4n) is 2.60. The Bertz CT molecular complexity index is 524. The number of imidazole rings is 1. The second-order valence-electron chi connectivity index (χ2n) is 5.02. The molecule has 0 spiro atoms. The van der Waals surface area contributed by atoms with E-state index in [2.05, 4.69) is 45.4 Å². The lowest BCUT2D eigenvalue weighted by Gasteiger charge is -2.16. The second-order valence-corrected chi connectivity index (χ2v) is 5.02. The van der Waals surface area contributed by atoms with Crippen LogP contribution in [0.5, 0.6) is 0 Å². The summed E-state index contributed by atoms with van der Waals surface area (Å²) in [6.07, 6.45) is 3.78. The van der Waals surface area contributed by atoms with Crippen LogP contribution >= 0.6 is 0 Å². The van der Waals surface area contributed by atoms with Crippen molar-refractivity contribution in [1.82, 2.24) is 14.9 Å². The summed E-state index contributed by atoms with van der Waals surface area (Å²) in [7, 11) is 2.07. The highest BCUT2D eigenvalue weighted by atomic mass is 15.2. The highest BCUT2D eigenvalue weighted by Gasteiger charge is 2.14. The maximum atomic E-state index is 4.66. The third-order valence-corrected chi connectivity index (χ3v) is 3.67. The monoisotopic (exact) mass is 244 g/mol. The molecular weight excluding hydrogens is 224 g/mol. The van der Waals surface area contributed by atoms with Crippen molar-refractivity contribution in [2.24, 2.45) is 7.05 Å². The van der Waals surface area contributed by atoms with Crippen LogP contribution in [0.3, 0.4) is 0 Å². The van der Waals surface area contributed by atoms with Crippen molar-refractivity contribution in [1.29, 1.82) is 0 Å². The smallest absolute Gasteiger partial charge is 0.203 e. The molecule has 4 nitrogen and oxygen atoms in total. The van der Waals surface area contributed by atoms with E-state index >= 15 is 0 Å². The Kier molecular flexibility index (Phi) is 3.19. The predicted molar refractivity (Wildman–Crippen MR) is 74.8 cm³/mol. The van der Waals surface area contributed by atoms with E-state index < -0.39 is 0 Å². The first-order valence-electron chi connectivity index (χ1n) is 6.73. The minimum Gasteiger partial charge on any atom is -0.352 e. The van der Waals surface area contributed by atoms with Crippen molar-refractivity contribution < 1.29 is 0 Å². The van der Waals surface area contributed by atoms with E-state index in [1.165, 1.54) is 24.8 Å². The van der Waals surface area contributed by atoms with Crippen molar-refractivity contribution >= 4 is 17.0 Å². The molecule has 0 saturated carbocycles. The number of fused-ring (bicyclic) bond motifs is 1. The number of anilines is 1. The largest absolute Gasteiger partial charge is 0.352 e. The van der Waals surface area contributed by atoms with Gasteiger partial charge in [0.15, 0.2) is 0 Å². The van der Waals surface area contributed by atoms with Crippen molar-refractivity contribution in [3.8, 4) is 0 Å².